The molecule has 104 valence electrons. The second-order valence-corrected chi connectivity index (χ2v) is 10.1. The minimum Gasteiger partial charge on any atom is -0.258 e. The fourth-order valence-corrected chi connectivity index (χ4v) is 7.18. The standard InChI is InChI=1S/C14H22Cl2OS/c1-13(2,3)7-8(14(4,5)6)12-10(16)9(15)11(7)18(12)17/h9-12H,1-6H3/t9-,10+,11-,12+,18?. The van der Waals surface area contributed by atoms with Gasteiger partial charge in [-0.05, 0) is 22.0 Å². The summed E-state index contributed by atoms with van der Waals surface area (Å²) in [5.74, 6) is 0. The van der Waals surface area contributed by atoms with Gasteiger partial charge in [0, 0.05) is 10.8 Å². The molecule has 0 N–H and O–H groups in total. The summed E-state index contributed by atoms with van der Waals surface area (Å²) in [6.45, 7) is 13.1. The van der Waals surface area contributed by atoms with Crippen LogP contribution in [0.3, 0.4) is 0 Å². The number of hydrogen-bond acceptors (Lipinski definition) is 1. The van der Waals surface area contributed by atoms with Gasteiger partial charge in [0.25, 0.3) is 0 Å². The molecule has 0 spiro atoms. The molecule has 0 aliphatic carbocycles. The minimum absolute atomic E-state index is 0.00184. The molecule has 5 atom stereocenters. The average Bonchev–Trinajstić information content (AvgIpc) is 2.56. The molecule has 0 radical (unpaired) electrons. The number of rotatable bonds is 0. The van der Waals surface area contributed by atoms with E-state index in [4.69, 9.17) is 23.2 Å². The van der Waals surface area contributed by atoms with E-state index < -0.39 is 10.8 Å². The van der Waals surface area contributed by atoms with Crippen molar-refractivity contribution >= 4 is 34.0 Å². The van der Waals surface area contributed by atoms with Crippen LogP contribution >= 0.6 is 23.2 Å². The highest BCUT2D eigenvalue weighted by Gasteiger charge is 2.60. The zero-order valence-electron chi connectivity index (χ0n) is 11.9. The van der Waals surface area contributed by atoms with Crippen LogP contribution in [0.15, 0.2) is 11.1 Å². The Kier molecular flexibility index (Phi) is 3.49. The van der Waals surface area contributed by atoms with E-state index >= 15 is 0 Å². The molecule has 2 rings (SSSR count). The quantitative estimate of drug-likeness (QED) is 0.486. The van der Waals surface area contributed by atoms with E-state index in [0.717, 1.165) is 0 Å². The predicted octanol–water partition coefficient (Wildman–Crippen LogP) is 4.10. The summed E-state index contributed by atoms with van der Waals surface area (Å²) in [5.41, 5.74) is 2.58. The summed E-state index contributed by atoms with van der Waals surface area (Å²) in [4.78, 5) is 0. The zero-order valence-corrected chi connectivity index (χ0v) is 14.2. The lowest BCUT2D eigenvalue weighted by Gasteiger charge is -2.38. The SMILES string of the molecule is CC(C)(C)C1=C(C(C)(C)C)[C@H]2[C@@H](Cl)[C@@H](Cl)[C@@H]1S2=O. The maximum atomic E-state index is 12.6. The van der Waals surface area contributed by atoms with E-state index in [1.54, 1.807) is 0 Å². The first-order chi connectivity index (χ1) is 7.98. The van der Waals surface area contributed by atoms with Crippen molar-refractivity contribution in [2.75, 3.05) is 0 Å². The highest BCUT2D eigenvalue weighted by atomic mass is 35.5. The van der Waals surface area contributed by atoms with Crippen molar-refractivity contribution in [2.24, 2.45) is 10.8 Å². The van der Waals surface area contributed by atoms with Crippen LogP contribution in [0.25, 0.3) is 0 Å². The Morgan fingerprint density at radius 1 is 0.833 bits per heavy atom. The van der Waals surface area contributed by atoms with Gasteiger partial charge in [-0.3, -0.25) is 4.21 Å². The Balaban J connectivity index is 2.66. The van der Waals surface area contributed by atoms with Crippen LogP contribution in [0.1, 0.15) is 41.5 Å². The number of alkyl halides is 2. The highest BCUT2D eigenvalue weighted by molar-refractivity contribution is 7.87. The topological polar surface area (TPSA) is 17.1 Å². The lowest BCUT2D eigenvalue weighted by molar-refractivity contribution is 0.412. The van der Waals surface area contributed by atoms with Gasteiger partial charge in [-0.25, -0.2) is 0 Å². The molecule has 1 saturated heterocycles. The third-order valence-electron chi connectivity index (χ3n) is 3.86. The van der Waals surface area contributed by atoms with E-state index in [-0.39, 0.29) is 32.1 Å². The van der Waals surface area contributed by atoms with E-state index in [0.29, 0.717) is 0 Å². The minimum atomic E-state index is -0.952. The van der Waals surface area contributed by atoms with Gasteiger partial charge in [0.1, 0.15) is 0 Å². The molecular formula is C14H22Cl2OS. The molecule has 2 aliphatic heterocycles. The molecule has 2 bridgehead atoms. The van der Waals surface area contributed by atoms with Crippen molar-refractivity contribution in [3.63, 3.8) is 0 Å². The van der Waals surface area contributed by atoms with Gasteiger partial charge in [-0.2, -0.15) is 0 Å². The van der Waals surface area contributed by atoms with Crippen LogP contribution < -0.4 is 0 Å². The normalized spacial score (nSPS) is 40.8. The summed E-state index contributed by atoms with van der Waals surface area (Å²) in [6.07, 6.45) is 0. The fraction of sp³-hybridized carbons (Fsp3) is 0.857. The third kappa shape index (κ3) is 1.99. The van der Waals surface area contributed by atoms with Crippen molar-refractivity contribution in [3.05, 3.63) is 11.1 Å². The summed E-state index contributed by atoms with van der Waals surface area (Å²) in [6, 6.07) is 0. The lowest BCUT2D eigenvalue weighted by Crippen LogP contribution is -2.38. The Bertz CT molecular complexity index is 390. The van der Waals surface area contributed by atoms with E-state index in [9.17, 15) is 4.21 Å². The first kappa shape index (κ1) is 14.9. The van der Waals surface area contributed by atoms with Gasteiger partial charge < -0.3 is 0 Å². The monoisotopic (exact) mass is 308 g/mol. The Hall–Kier alpha value is 0.470. The Morgan fingerprint density at radius 2 is 1.11 bits per heavy atom. The van der Waals surface area contributed by atoms with Crippen molar-refractivity contribution in [1.29, 1.82) is 0 Å². The fourth-order valence-electron chi connectivity index (χ4n) is 3.27. The molecule has 1 nitrogen and oxygen atoms in total. The maximum absolute atomic E-state index is 12.6. The number of hydrogen-bond donors (Lipinski definition) is 0. The van der Waals surface area contributed by atoms with Crippen molar-refractivity contribution < 1.29 is 4.21 Å². The molecule has 0 aromatic heterocycles. The van der Waals surface area contributed by atoms with Crippen LogP contribution in [-0.4, -0.2) is 25.5 Å². The number of fused-ring (bicyclic) bond motifs is 2. The first-order valence-electron chi connectivity index (χ1n) is 6.40. The van der Waals surface area contributed by atoms with Gasteiger partial charge in [0.05, 0.1) is 21.3 Å². The molecule has 0 aromatic rings. The van der Waals surface area contributed by atoms with E-state index in [1.165, 1.54) is 11.1 Å². The average molecular weight is 309 g/mol. The van der Waals surface area contributed by atoms with Gasteiger partial charge in [-0.15, -0.1) is 23.2 Å². The Morgan fingerprint density at radius 3 is 1.33 bits per heavy atom. The van der Waals surface area contributed by atoms with Crippen LogP contribution in [-0.2, 0) is 10.8 Å². The molecule has 4 heteroatoms. The maximum Gasteiger partial charge on any atom is 0.0750 e. The Labute approximate surface area is 123 Å². The van der Waals surface area contributed by atoms with E-state index in [2.05, 4.69) is 41.5 Å². The van der Waals surface area contributed by atoms with Crippen LogP contribution in [0.5, 0.6) is 0 Å². The summed E-state index contributed by atoms with van der Waals surface area (Å²) >= 11 is 12.8. The van der Waals surface area contributed by atoms with Gasteiger partial charge in [0.15, 0.2) is 0 Å². The van der Waals surface area contributed by atoms with Gasteiger partial charge in [0.2, 0.25) is 0 Å². The highest BCUT2D eigenvalue weighted by Crippen LogP contribution is 2.56. The lowest BCUT2D eigenvalue weighted by atomic mass is 9.69. The zero-order chi connectivity index (χ0) is 14.0. The molecule has 2 heterocycles. The summed E-state index contributed by atoms with van der Waals surface area (Å²) in [7, 11) is -0.952. The molecule has 1 unspecified atom stereocenters. The van der Waals surface area contributed by atoms with E-state index in [1.807, 2.05) is 0 Å². The third-order valence-corrected chi connectivity index (χ3v) is 7.39. The van der Waals surface area contributed by atoms with Gasteiger partial charge >= 0.3 is 0 Å². The van der Waals surface area contributed by atoms with Crippen LogP contribution in [0, 0.1) is 10.8 Å². The second-order valence-electron chi connectivity index (χ2n) is 7.39. The second kappa shape index (κ2) is 4.23. The molecule has 0 aromatic carbocycles. The van der Waals surface area contributed by atoms with Crippen LogP contribution in [0.2, 0.25) is 0 Å². The molecular weight excluding hydrogens is 287 g/mol. The smallest absolute Gasteiger partial charge is 0.0750 e. The van der Waals surface area contributed by atoms with Crippen LogP contribution in [0.4, 0.5) is 0 Å². The molecule has 18 heavy (non-hydrogen) atoms. The molecule has 0 saturated carbocycles. The summed E-state index contributed by atoms with van der Waals surface area (Å²) < 4.78 is 12.6. The van der Waals surface area contributed by atoms with Crippen molar-refractivity contribution in [2.45, 2.75) is 62.8 Å². The molecule has 2 aliphatic rings. The largest absolute Gasteiger partial charge is 0.258 e. The first-order valence-corrected chi connectivity index (χ1v) is 8.55. The molecule has 0 amide bonds. The van der Waals surface area contributed by atoms with Crippen molar-refractivity contribution in [3.8, 4) is 0 Å². The predicted molar refractivity (Wildman–Crippen MR) is 80.9 cm³/mol. The molecule has 1 fully saturated rings. The number of halogens is 2. The van der Waals surface area contributed by atoms with Crippen molar-refractivity contribution in [1.82, 2.24) is 0 Å². The summed E-state index contributed by atoms with van der Waals surface area (Å²) in [5, 5.41) is -0.516. The van der Waals surface area contributed by atoms with Gasteiger partial charge in [-0.1, -0.05) is 41.5 Å².